The number of hydrogen-bond acceptors (Lipinski definition) is 3. The summed E-state index contributed by atoms with van der Waals surface area (Å²) in [4.78, 5) is 15.5. The Morgan fingerprint density at radius 2 is 2.24 bits per heavy atom. The molecule has 0 radical (unpaired) electrons. The maximum Gasteiger partial charge on any atom is 0.225 e. The topological polar surface area (TPSA) is 54.0 Å². The Bertz CT molecular complexity index is 351. The smallest absolute Gasteiger partial charge is 0.225 e. The van der Waals surface area contributed by atoms with Gasteiger partial charge in [-0.3, -0.25) is 4.79 Å². The van der Waals surface area contributed by atoms with E-state index in [1.165, 1.54) is 6.20 Å². The van der Waals surface area contributed by atoms with Gasteiger partial charge in [-0.05, 0) is 25.1 Å². The maximum atomic E-state index is 11.5. The van der Waals surface area contributed by atoms with Crippen LogP contribution in [0.25, 0.3) is 0 Å². The zero-order chi connectivity index (χ0) is 12.7. The van der Waals surface area contributed by atoms with E-state index in [1.54, 1.807) is 12.1 Å². The van der Waals surface area contributed by atoms with E-state index in [0.717, 1.165) is 13.0 Å². The van der Waals surface area contributed by atoms with Crippen LogP contribution in [-0.4, -0.2) is 23.5 Å². The largest absolute Gasteiger partial charge is 0.315 e. The van der Waals surface area contributed by atoms with Crippen molar-refractivity contribution in [1.29, 1.82) is 0 Å². The fraction of sp³-hybridized carbons (Fsp3) is 0.500. The molecule has 1 rings (SSSR count). The maximum absolute atomic E-state index is 11.5. The molecule has 0 saturated heterocycles. The lowest BCUT2D eigenvalue weighted by Gasteiger charge is -2.07. The van der Waals surface area contributed by atoms with Crippen LogP contribution >= 0.6 is 11.6 Å². The average molecular weight is 256 g/mol. The van der Waals surface area contributed by atoms with Gasteiger partial charge in [0.05, 0.1) is 5.02 Å². The van der Waals surface area contributed by atoms with Crippen molar-refractivity contribution in [1.82, 2.24) is 10.3 Å². The van der Waals surface area contributed by atoms with Crippen molar-refractivity contribution in [3.05, 3.63) is 23.4 Å². The van der Waals surface area contributed by atoms with E-state index in [1.807, 2.05) is 0 Å². The second-order valence-electron chi connectivity index (χ2n) is 4.12. The van der Waals surface area contributed by atoms with Gasteiger partial charge in [0.15, 0.2) is 0 Å². The summed E-state index contributed by atoms with van der Waals surface area (Å²) in [6.07, 6.45) is 2.82. The molecule has 0 atom stereocenters. The molecular weight excluding hydrogens is 238 g/mol. The Morgan fingerprint density at radius 3 is 2.82 bits per heavy atom. The van der Waals surface area contributed by atoms with Gasteiger partial charge in [-0.25, -0.2) is 4.98 Å². The third-order valence-corrected chi connectivity index (χ3v) is 2.35. The molecule has 0 fully saturated rings. The molecule has 0 aliphatic carbocycles. The quantitative estimate of drug-likeness (QED) is 0.768. The normalized spacial score (nSPS) is 10.6. The molecule has 0 aliphatic heterocycles. The molecule has 5 heteroatoms. The molecule has 1 amide bonds. The highest BCUT2D eigenvalue weighted by atomic mass is 35.5. The summed E-state index contributed by atoms with van der Waals surface area (Å²) in [5.41, 5.74) is 0. The number of hydrogen-bond donors (Lipinski definition) is 2. The number of carbonyl (C=O) groups is 1. The van der Waals surface area contributed by atoms with Crippen LogP contribution in [0, 0.1) is 0 Å². The monoisotopic (exact) mass is 255 g/mol. The van der Waals surface area contributed by atoms with Crippen molar-refractivity contribution in [2.75, 3.05) is 11.9 Å². The van der Waals surface area contributed by atoms with Gasteiger partial charge in [0.1, 0.15) is 5.82 Å². The first-order chi connectivity index (χ1) is 8.08. The molecule has 17 heavy (non-hydrogen) atoms. The molecule has 0 bridgehead atoms. The van der Waals surface area contributed by atoms with Crippen molar-refractivity contribution in [3.8, 4) is 0 Å². The van der Waals surface area contributed by atoms with E-state index in [-0.39, 0.29) is 5.91 Å². The minimum atomic E-state index is -0.0228. The van der Waals surface area contributed by atoms with Crippen LogP contribution in [-0.2, 0) is 4.79 Å². The van der Waals surface area contributed by atoms with Crippen LogP contribution in [0.3, 0.4) is 0 Å². The zero-order valence-electron chi connectivity index (χ0n) is 10.2. The summed E-state index contributed by atoms with van der Waals surface area (Å²) in [6, 6.07) is 3.84. The highest BCUT2D eigenvalue weighted by Gasteiger charge is 2.03. The molecule has 2 N–H and O–H groups in total. The Labute approximate surface area is 107 Å². The van der Waals surface area contributed by atoms with Crippen molar-refractivity contribution < 1.29 is 4.79 Å². The standard InChI is InChI=1S/C12H18ClN3O/c1-9(2)14-7-3-4-12(17)16-11-6-5-10(13)8-15-11/h5-6,8-9,14H,3-4,7H2,1-2H3,(H,15,16,17). The van der Waals surface area contributed by atoms with Gasteiger partial charge in [-0.2, -0.15) is 0 Å². The van der Waals surface area contributed by atoms with Crippen molar-refractivity contribution in [2.24, 2.45) is 0 Å². The van der Waals surface area contributed by atoms with Crippen molar-refractivity contribution in [3.63, 3.8) is 0 Å². The number of anilines is 1. The van der Waals surface area contributed by atoms with E-state index in [2.05, 4.69) is 29.5 Å². The second kappa shape index (κ2) is 7.25. The van der Waals surface area contributed by atoms with Crippen molar-refractivity contribution in [2.45, 2.75) is 32.7 Å². The number of pyridine rings is 1. The van der Waals surface area contributed by atoms with E-state index < -0.39 is 0 Å². The molecule has 0 unspecified atom stereocenters. The van der Waals surface area contributed by atoms with E-state index in [0.29, 0.717) is 23.3 Å². The van der Waals surface area contributed by atoms with Gasteiger partial charge in [-0.1, -0.05) is 25.4 Å². The highest BCUT2D eigenvalue weighted by Crippen LogP contribution is 2.09. The molecule has 1 aromatic heterocycles. The molecule has 1 heterocycles. The fourth-order valence-electron chi connectivity index (χ4n) is 1.29. The van der Waals surface area contributed by atoms with Gasteiger partial charge in [-0.15, -0.1) is 0 Å². The third-order valence-electron chi connectivity index (χ3n) is 2.13. The van der Waals surface area contributed by atoms with E-state index in [4.69, 9.17) is 11.6 Å². The van der Waals surface area contributed by atoms with Crippen LogP contribution in [0.4, 0.5) is 5.82 Å². The van der Waals surface area contributed by atoms with Crippen LogP contribution in [0.5, 0.6) is 0 Å². The first-order valence-electron chi connectivity index (χ1n) is 5.72. The van der Waals surface area contributed by atoms with E-state index >= 15 is 0 Å². The number of aromatic nitrogens is 1. The Morgan fingerprint density at radius 1 is 1.47 bits per heavy atom. The van der Waals surface area contributed by atoms with Crippen LogP contribution < -0.4 is 10.6 Å². The molecule has 0 aromatic carbocycles. The van der Waals surface area contributed by atoms with Gasteiger partial charge in [0, 0.05) is 18.7 Å². The zero-order valence-corrected chi connectivity index (χ0v) is 10.9. The predicted octanol–water partition coefficient (Wildman–Crippen LogP) is 2.45. The summed E-state index contributed by atoms with van der Waals surface area (Å²) in [5, 5.41) is 6.54. The fourth-order valence-corrected chi connectivity index (χ4v) is 1.41. The molecular formula is C12H18ClN3O. The second-order valence-corrected chi connectivity index (χ2v) is 4.56. The number of nitrogens with zero attached hydrogens (tertiary/aromatic N) is 1. The van der Waals surface area contributed by atoms with Gasteiger partial charge >= 0.3 is 0 Å². The molecule has 4 nitrogen and oxygen atoms in total. The van der Waals surface area contributed by atoms with E-state index in [9.17, 15) is 4.79 Å². The summed E-state index contributed by atoms with van der Waals surface area (Å²) in [7, 11) is 0. The summed E-state index contributed by atoms with van der Waals surface area (Å²) >= 11 is 5.70. The van der Waals surface area contributed by atoms with Crippen molar-refractivity contribution >= 4 is 23.3 Å². The van der Waals surface area contributed by atoms with Gasteiger partial charge in [0.25, 0.3) is 0 Å². The molecule has 0 saturated carbocycles. The number of nitrogens with one attached hydrogen (secondary N) is 2. The summed E-state index contributed by atoms with van der Waals surface area (Å²) < 4.78 is 0. The van der Waals surface area contributed by atoms with Gasteiger partial charge < -0.3 is 10.6 Å². The summed E-state index contributed by atoms with van der Waals surface area (Å²) in [6.45, 7) is 5.01. The lowest BCUT2D eigenvalue weighted by molar-refractivity contribution is -0.116. The molecule has 0 aliphatic rings. The molecule has 94 valence electrons. The average Bonchev–Trinajstić information content (AvgIpc) is 2.27. The van der Waals surface area contributed by atoms with Crippen LogP contribution in [0.1, 0.15) is 26.7 Å². The third kappa shape index (κ3) is 6.24. The molecule has 1 aromatic rings. The Kier molecular flexibility index (Phi) is 5.94. The highest BCUT2D eigenvalue weighted by molar-refractivity contribution is 6.30. The van der Waals surface area contributed by atoms with Gasteiger partial charge in [0.2, 0.25) is 5.91 Å². The Balaban J connectivity index is 2.23. The lowest BCUT2D eigenvalue weighted by Crippen LogP contribution is -2.24. The first kappa shape index (κ1) is 13.9. The number of carbonyl (C=O) groups excluding carboxylic acids is 1. The SMILES string of the molecule is CC(C)NCCCC(=O)Nc1ccc(Cl)cn1. The number of amides is 1. The number of rotatable bonds is 6. The van der Waals surface area contributed by atoms with Crippen LogP contribution in [0.2, 0.25) is 5.02 Å². The minimum Gasteiger partial charge on any atom is -0.315 e. The summed E-state index contributed by atoms with van der Waals surface area (Å²) in [5.74, 6) is 0.515. The molecule has 0 spiro atoms. The number of halogens is 1. The lowest BCUT2D eigenvalue weighted by atomic mass is 10.2. The predicted molar refractivity (Wildman–Crippen MR) is 70.2 cm³/mol. The minimum absolute atomic E-state index is 0.0228. The first-order valence-corrected chi connectivity index (χ1v) is 6.10. The van der Waals surface area contributed by atoms with Crippen LogP contribution in [0.15, 0.2) is 18.3 Å². The Hall–Kier alpha value is -1.13.